The number of carbonyl (C=O) groups is 1. The molecule has 7 heteroatoms. The van der Waals surface area contributed by atoms with Gasteiger partial charge in [-0.25, -0.2) is 4.98 Å². The number of hydrogen-bond donors (Lipinski definition) is 1. The van der Waals surface area contributed by atoms with E-state index in [0.29, 0.717) is 21.5 Å². The Morgan fingerprint density at radius 2 is 1.75 bits per heavy atom. The van der Waals surface area contributed by atoms with Gasteiger partial charge >= 0.3 is 0 Å². The molecular weight excluding hydrogens is 463 g/mol. The molecule has 32 heavy (non-hydrogen) atoms. The van der Waals surface area contributed by atoms with Gasteiger partial charge < -0.3 is 10.1 Å². The standard InChI is InChI=1S/C25H20Cl2N2O2S/c1-25(2,31-19-12-10-17(26)11-13-19)24(30)28-18-7-5-6-16(14-18)22-15-32-23(29-22)20-8-3-4-9-21(20)27/h3-15H,1-2H3,(H,28,30). The average Bonchev–Trinajstić information content (AvgIpc) is 3.26. The van der Waals surface area contributed by atoms with E-state index in [0.717, 1.165) is 21.8 Å². The summed E-state index contributed by atoms with van der Waals surface area (Å²) in [6.45, 7) is 3.44. The second-order valence-electron chi connectivity index (χ2n) is 7.62. The highest BCUT2D eigenvalue weighted by Crippen LogP contribution is 2.33. The smallest absolute Gasteiger partial charge is 0.267 e. The number of aromatic nitrogens is 1. The first-order valence-electron chi connectivity index (χ1n) is 9.89. The van der Waals surface area contributed by atoms with Gasteiger partial charge in [0.05, 0.1) is 10.7 Å². The molecule has 4 aromatic rings. The van der Waals surface area contributed by atoms with Crippen LogP contribution in [0.5, 0.6) is 5.75 Å². The van der Waals surface area contributed by atoms with Crippen LogP contribution in [0, 0.1) is 0 Å². The fraction of sp³-hybridized carbons (Fsp3) is 0.120. The van der Waals surface area contributed by atoms with Crippen LogP contribution >= 0.6 is 34.5 Å². The maximum atomic E-state index is 12.9. The van der Waals surface area contributed by atoms with Gasteiger partial charge in [-0.2, -0.15) is 0 Å². The van der Waals surface area contributed by atoms with E-state index in [2.05, 4.69) is 5.32 Å². The maximum absolute atomic E-state index is 12.9. The van der Waals surface area contributed by atoms with Crippen LogP contribution in [0.2, 0.25) is 10.0 Å². The van der Waals surface area contributed by atoms with Gasteiger partial charge in [0.25, 0.3) is 5.91 Å². The van der Waals surface area contributed by atoms with Crippen molar-refractivity contribution in [2.45, 2.75) is 19.4 Å². The first kappa shape index (κ1) is 22.3. The Morgan fingerprint density at radius 1 is 1.00 bits per heavy atom. The van der Waals surface area contributed by atoms with Crippen LogP contribution in [-0.2, 0) is 4.79 Å². The van der Waals surface area contributed by atoms with Gasteiger partial charge in [-0.1, -0.05) is 53.5 Å². The number of halogens is 2. The van der Waals surface area contributed by atoms with Crippen LogP contribution in [0.1, 0.15) is 13.8 Å². The predicted octanol–water partition coefficient (Wildman–Crippen LogP) is 7.58. The molecule has 0 atom stereocenters. The number of carbonyl (C=O) groups excluding carboxylic acids is 1. The summed E-state index contributed by atoms with van der Waals surface area (Å²) in [5, 5.41) is 7.03. The molecule has 4 nitrogen and oxygen atoms in total. The molecule has 0 fully saturated rings. The molecule has 3 aromatic carbocycles. The Bertz CT molecular complexity index is 1250. The highest BCUT2D eigenvalue weighted by molar-refractivity contribution is 7.13. The number of benzene rings is 3. The molecule has 1 N–H and O–H groups in total. The molecule has 0 spiro atoms. The van der Waals surface area contributed by atoms with E-state index >= 15 is 0 Å². The average molecular weight is 483 g/mol. The van der Waals surface area contributed by atoms with Gasteiger partial charge in [0.2, 0.25) is 0 Å². The Balaban J connectivity index is 1.50. The number of anilines is 1. The lowest BCUT2D eigenvalue weighted by Gasteiger charge is -2.25. The number of rotatable bonds is 6. The maximum Gasteiger partial charge on any atom is 0.267 e. The number of amides is 1. The number of ether oxygens (including phenoxy) is 1. The normalized spacial score (nSPS) is 11.2. The van der Waals surface area contributed by atoms with Gasteiger partial charge in [0, 0.05) is 27.2 Å². The van der Waals surface area contributed by atoms with Crippen molar-refractivity contribution in [3.8, 4) is 27.6 Å². The van der Waals surface area contributed by atoms with Crippen molar-refractivity contribution in [3.63, 3.8) is 0 Å². The molecule has 0 aliphatic carbocycles. The minimum atomic E-state index is -1.08. The van der Waals surface area contributed by atoms with Crippen LogP contribution in [0.3, 0.4) is 0 Å². The summed E-state index contributed by atoms with van der Waals surface area (Å²) in [6.07, 6.45) is 0. The molecular formula is C25H20Cl2N2O2S. The van der Waals surface area contributed by atoms with Gasteiger partial charge in [-0.15, -0.1) is 11.3 Å². The topological polar surface area (TPSA) is 51.2 Å². The molecule has 1 amide bonds. The first-order chi connectivity index (χ1) is 15.3. The predicted molar refractivity (Wildman–Crippen MR) is 133 cm³/mol. The fourth-order valence-electron chi connectivity index (χ4n) is 3.05. The van der Waals surface area contributed by atoms with Crippen LogP contribution in [0.25, 0.3) is 21.8 Å². The van der Waals surface area contributed by atoms with Crippen molar-refractivity contribution in [2.75, 3.05) is 5.32 Å². The number of nitrogens with zero attached hydrogens (tertiary/aromatic N) is 1. The Labute approximate surface area is 200 Å². The van der Waals surface area contributed by atoms with E-state index in [4.69, 9.17) is 32.9 Å². The third kappa shape index (κ3) is 5.13. The highest BCUT2D eigenvalue weighted by Gasteiger charge is 2.30. The second kappa shape index (κ2) is 9.33. The van der Waals surface area contributed by atoms with Crippen molar-refractivity contribution in [1.82, 2.24) is 4.98 Å². The zero-order valence-corrected chi connectivity index (χ0v) is 19.8. The Hall–Kier alpha value is -2.86. The van der Waals surface area contributed by atoms with E-state index < -0.39 is 5.60 Å². The van der Waals surface area contributed by atoms with Crippen LogP contribution in [-0.4, -0.2) is 16.5 Å². The van der Waals surface area contributed by atoms with E-state index in [1.807, 2.05) is 53.9 Å². The minimum absolute atomic E-state index is 0.264. The molecule has 0 radical (unpaired) electrons. The summed E-state index contributed by atoms with van der Waals surface area (Å²) >= 11 is 13.7. The zero-order chi connectivity index (χ0) is 22.7. The van der Waals surface area contributed by atoms with Gasteiger partial charge in [0.15, 0.2) is 5.60 Å². The monoisotopic (exact) mass is 482 g/mol. The molecule has 162 valence electrons. The summed E-state index contributed by atoms with van der Waals surface area (Å²) in [6, 6.07) is 22.1. The minimum Gasteiger partial charge on any atom is -0.478 e. The van der Waals surface area contributed by atoms with Gasteiger partial charge in [-0.05, 0) is 56.3 Å². The largest absolute Gasteiger partial charge is 0.478 e. The van der Waals surface area contributed by atoms with E-state index in [1.165, 1.54) is 11.3 Å². The lowest BCUT2D eigenvalue weighted by molar-refractivity contribution is -0.128. The van der Waals surface area contributed by atoms with E-state index in [-0.39, 0.29) is 5.91 Å². The van der Waals surface area contributed by atoms with Crippen LogP contribution < -0.4 is 10.1 Å². The molecule has 0 aliphatic heterocycles. The summed E-state index contributed by atoms with van der Waals surface area (Å²) in [4.78, 5) is 17.6. The third-order valence-corrected chi connectivity index (χ3v) is 6.22. The molecule has 0 unspecified atom stereocenters. The number of nitrogens with one attached hydrogen (secondary N) is 1. The Morgan fingerprint density at radius 3 is 2.50 bits per heavy atom. The lowest BCUT2D eigenvalue weighted by Crippen LogP contribution is -2.42. The number of thiazole rings is 1. The quantitative estimate of drug-likeness (QED) is 0.308. The molecule has 0 bridgehead atoms. The molecule has 4 rings (SSSR count). The lowest BCUT2D eigenvalue weighted by atomic mass is 10.1. The molecule has 0 aliphatic rings. The van der Waals surface area contributed by atoms with Crippen molar-refractivity contribution < 1.29 is 9.53 Å². The SMILES string of the molecule is CC(C)(Oc1ccc(Cl)cc1)C(=O)Nc1cccc(-c2csc(-c3ccccc3Cl)n2)c1. The van der Waals surface area contributed by atoms with E-state index in [1.54, 1.807) is 38.1 Å². The van der Waals surface area contributed by atoms with E-state index in [9.17, 15) is 4.79 Å². The van der Waals surface area contributed by atoms with Gasteiger partial charge in [-0.3, -0.25) is 4.79 Å². The first-order valence-corrected chi connectivity index (χ1v) is 11.5. The van der Waals surface area contributed by atoms with Crippen LogP contribution in [0.15, 0.2) is 78.2 Å². The van der Waals surface area contributed by atoms with Gasteiger partial charge in [0.1, 0.15) is 10.8 Å². The Kier molecular flexibility index (Phi) is 6.51. The number of hydrogen-bond acceptors (Lipinski definition) is 4. The summed E-state index contributed by atoms with van der Waals surface area (Å²) < 4.78 is 5.88. The fourth-order valence-corrected chi connectivity index (χ4v) is 4.32. The van der Waals surface area contributed by atoms with Crippen molar-refractivity contribution in [3.05, 3.63) is 88.2 Å². The third-order valence-electron chi connectivity index (χ3n) is 4.76. The summed E-state index contributed by atoms with van der Waals surface area (Å²) in [5.41, 5.74) is 2.19. The van der Waals surface area contributed by atoms with Crippen LogP contribution in [0.4, 0.5) is 5.69 Å². The van der Waals surface area contributed by atoms with Crippen molar-refractivity contribution >= 4 is 46.1 Å². The summed E-state index contributed by atoms with van der Waals surface area (Å²) in [7, 11) is 0. The zero-order valence-electron chi connectivity index (χ0n) is 17.4. The highest BCUT2D eigenvalue weighted by atomic mass is 35.5. The molecule has 1 heterocycles. The summed E-state index contributed by atoms with van der Waals surface area (Å²) in [5.74, 6) is 0.303. The second-order valence-corrected chi connectivity index (χ2v) is 9.32. The molecule has 0 saturated heterocycles. The molecule has 0 saturated carbocycles. The van der Waals surface area contributed by atoms with Crippen molar-refractivity contribution in [2.24, 2.45) is 0 Å². The van der Waals surface area contributed by atoms with Crippen molar-refractivity contribution in [1.29, 1.82) is 0 Å². The molecule has 1 aromatic heterocycles.